The molecule has 2 aromatic rings. The molecule has 0 unspecified atom stereocenters. The van der Waals surface area contributed by atoms with Crippen molar-refractivity contribution in [1.29, 1.82) is 0 Å². The molecular weight excluding hydrogens is 176 g/mol. The summed E-state index contributed by atoms with van der Waals surface area (Å²) in [5.41, 5.74) is 8.53. The first kappa shape index (κ1) is 8.81. The molecule has 0 saturated carbocycles. The van der Waals surface area contributed by atoms with Crippen LogP contribution in [0.5, 0.6) is 0 Å². The van der Waals surface area contributed by atoms with Gasteiger partial charge in [0, 0.05) is 5.56 Å². The van der Waals surface area contributed by atoms with Crippen molar-refractivity contribution in [2.24, 2.45) is 0 Å². The van der Waals surface area contributed by atoms with Crippen molar-refractivity contribution in [3.05, 3.63) is 36.0 Å². The molecule has 3 nitrogen and oxygen atoms in total. The Kier molecular flexibility index (Phi) is 2.23. The molecule has 1 aromatic carbocycles. The molecule has 1 aromatic heterocycles. The number of aryl methyl sites for hydroxylation is 1. The van der Waals surface area contributed by atoms with E-state index in [2.05, 4.69) is 24.2 Å². The fourth-order valence-corrected chi connectivity index (χ4v) is 1.36. The van der Waals surface area contributed by atoms with Gasteiger partial charge in [0.1, 0.15) is 5.69 Å². The largest absolute Gasteiger partial charge is 0.394 e. The Balaban J connectivity index is 2.39. The SMILES string of the molecule is CCc1ccc(-c2oncc2N)cc1. The van der Waals surface area contributed by atoms with Gasteiger partial charge in [-0.1, -0.05) is 36.3 Å². The lowest BCUT2D eigenvalue weighted by Gasteiger charge is -1.99. The molecule has 0 radical (unpaired) electrons. The lowest BCUT2D eigenvalue weighted by atomic mass is 10.1. The number of aromatic nitrogens is 1. The Morgan fingerprint density at radius 3 is 2.50 bits per heavy atom. The quantitative estimate of drug-likeness (QED) is 0.787. The molecule has 1 heterocycles. The molecule has 0 amide bonds. The summed E-state index contributed by atoms with van der Waals surface area (Å²) < 4.78 is 5.05. The highest BCUT2D eigenvalue weighted by Gasteiger charge is 2.06. The van der Waals surface area contributed by atoms with Crippen molar-refractivity contribution in [2.45, 2.75) is 13.3 Å². The fourth-order valence-electron chi connectivity index (χ4n) is 1.36. The lowest BCUT2D eigenvalue weighted by molar-refractivity contribution is 0.432. The standard InChI is InChI=1S/C11H12N2O/c1-2-8-3-5-9(6-4-8)11-10(12)7-13-14-11/h3-7H,2,12H2,1H3. The molecule has 0 aliphatic rings. The molecule has 0 fully saturated rings. The summed E-state index contributed by atoms with van der Waals surface area (Å²) in [5.74, 6) is 0.646. The maximum Gasteiger partial charge on any atom is 0.189 e. The molecule has 2 rings (SSSR count). The average molecular weight is 188 g/mol. The van der Waals surface area contributed by atoms with Crippen LogP contribution in [-0.2, 0) is 6.42 Å². The summed E-state index contributed by atoms with van der Waals surface area (Å²) in [7, 11) is 0. The van der Waals surface area contributed by atoms with Gasteiger partial charge in [-0.05, 0) is 12.0 Å². The summed E-state index contributed by atoms with van der Waals surface area (Å²) in [6, 6.07) is 8.12. The number of hydrogen-bond donors (Lipinski definition) is 1. The van der Waals surface area contributed by atoms with Gasteiger partial charge in [0.15, 0.2) is 5.76 Å². The van der Waals surface area contributed by atoms with Crippen molar-refractivity contribution in [1.82, 2.24) is 5.16 Å². The van der Waals surface area contributed by atoms with Crippen LogP contribution >= 0.6 is 0 Å². The average Bonchev–Trinajstić information content (AvgIpc) is 2.65. The van der Waals surface area contributed by atoms with E-state index in [0.29, 0.717) is 11.4 Å². The predicted octanol–water partition coefficient (Wildman–Crippen LogP) is 2.49. The van der Waals surface area contributed by atoms with Gasteiger partial charge in [-0.2, -0.15) is 0 Å². The molecule has 0 spiro atoms. The number of hydrogen-bond acceptors (Lipinski definition) is 3. The highest BCUT2D eigenvalue weighted by molar-refractivity contribution is 5.69. The van der Waals surface area contributed by atoms with E-state index in [0.717, 1.165) is 12.0 Å². The second-order valence-electron chi connectivity index (χ2n) is 3.16. The highest BCUT2D eigenvalue weighted by Crippen LogP contribution is 2.25. The van der Waals surface area contributed by atoms with E-state index in [1.165, 1.54) is 11.8 Å². The molecule has 3 heteroatoms. The maximum absolute atomic E-state index is 5.69. The Hall–Kier alpha value is -1.77. The summed E-state index contributed by atoms with van der Waals surface area (Å²) in [5, 5.41) is 3.64. The molecular formula is C11H12N2O. The minimum absolute atomic E-state index is 0.578. The van der Waals surface area contributed by atoms with E-state index < -0.39 is 0 Å². The first-order valence-electron chi connectivity index (χ1n) is 4.60. The molecule has 0 saturated heterocycles. The van der Waals surface area contributed by atoms with Crippen LogP contribution in [0.4, 0.5) is 5.69 Å². The van der Waals surface area contributed by atoms with Gasteiger partial charge in [0.25, 0.3) is 0 Å². The topological polar surface area (TPSA) is 52.0 Å². The van der Waals surface area contributed by atoms with Crippen molar-refractivity contribution in [3.63, 3.8) is 0 Å². The van der Waals surface area contributed by atoms with Gasteiger partial charge in [0.2, 0.25) is 0 Å². The number of nitrogens with two attached hydrogens (primary N) is 1. The van der Waals surface area contributed by atoms with Crippen molar-refractivity contribution < 1.29 is 4.52 Å². The van der Waals surface area contributed by atoms with Gasteiger partial charge in [-0.25, -0.2) is 0 Å². The molecule has 0 aliphatic carbocycles. The predicted molar refractivity (Wildman–Crippen MR) is 55.7 cm³/mol. The van der Waals surface area contributed by atoms with E-state index in [-0.39, 0.29) is 0 Å². The van der Waals surface area contributed by atoms with Crippen LogP contribution in [-0.4, -0.2) is 5.16 Å². The third-order valence-electron chi connectivity index (χ3n) is 2.22. The minimum Gasteiger partial charge on any atom is -0.394 e. The van der Waals surface area contributed by atoms with Gasteiger partial charge in [0.05, 0.1) is 6.20 Å². The Morgan fingerprint density at radius 2 is 2.00 bits per heavy atom. The van der Waals surface area contributed by atoms with Crippen LogP contribution < -0.4 is 5.73 Å². The summed E-state index contributed by atoms with van der Waals surface area (Å²) in [6.45, 7) is 2.12. The molecule has 14 heavy (non-hydrogen) atoms. The van der Waals surface area contributed by atoms with Crippen molar-refractivity contribution >= 4 is 5.69 Å². The van der Waals surface area contributed by atoms with E-state index in [1.54, 1.807) is 0 Å². The van der Waals surface area contributed by atoms with E-state index >= 15 is 0 Å². The summed E-state index contributed by atoms with van der Waals surface area (Å²) >= 11 is 0. The normalized spacial score (nSPS) is 10.4. The van der Waals surface area contributed by atoms with E-state index in [1.807, 2.05) is 12.1 Å². The first-order chi connectivity index (χ1) is 6.81. The smallest absolute Gasteiger partial charge is 0.189 e. The van der Waals surface area contributed by atoms with Crippen molar-refractivity contribution in [3.8, 4) is 11.3 Å². The molecule has 0 atom stereocenters. The summed E-state index contributed by atoms with van der Waals surface area (Å²) in [6.07, 6.45) is 2.55. The third kappa shape index (κ3) is 1.48. The van der Waals surface area contributed by atoms with Crippen LogP contribution in [0.3, 0.4) is 0 Å². The molecule has 0 aliphatic heterocycles. The van der Waals surface area contributed by atoms with Crippen LogP contribution in [0.2, 0.25) is 0 Å². The third-order valence-corrected chi connectivity index (χ3v) is 2.22. The van der Waals surface area contributed by atoms with Gasteiger partial charge in [-0.3, -0.25) is 0 Å². The second-order valence-corrected chi connectivity index (χ2v) is 3.16. The monoisotopic (exact) mass is 188 g/mol. The first-order valence-corrected chi connectivity index (χ1v) is 4.60. The molecule has 72 valence electrons. The Morgan fingerprint density at radius 1 is 1.29 bits per heavy atom. The van der Waals surface area contributed by atoms with E-state index in [4.69, 9.17) is 10.3 Å². The van der Waals surface area contributed by atoms with Crippen molar-refractivity contribution in [2.75, 3.05) is 5.73 Å². The maximum atomic E-state index is 5.69. The van der Waals surface area contributed by atoms with E-state index in [9.17, 15) is 0 Å². The Labute approximate surface area is 82.5 Å². The zero-order valence-corrected chi connectivity index (χ0v) is 8.03. The van der Waals surface area contributed by atoms with Crippen LogP contribution in [0, 0.1) is 0 Å². The minimum atomic E-state index is 0.578. The van der Waals surface area contributed by atoms with Crippen LogP contribution in [0.15, 0.2) is 35.0 Å². The van der Waals surface area contributed by atoms with Crippen LogP contribution in [0.25, 0.3) is 11.3 Å². The number of benzene rings is 1. The zero-order chi connectivity index (χ0) is 9.97. The molecule has 2 N–H and O–H groups in total. The van der Waals surface area contributed by atoms with Gasteiger partial charge >= 0.3 is 0 Å². The fraction of sp³-hybridized carbons (Fsp3) is 0.182. The number of anilines is 1. The molecule has 0 bridgehead atoms. The Bertz CT molecular complexity index is 417. The number of nitrogen functional groups attached to an aromatic ring is 1. The number of rotatable bonds is 2. The summed E-state index contributed by atoms with van der Waals surface area (Å²) in [4.78, 5) is 0. The highest BCUT2D eigenvalue weighted by atomic mass is 16.5. The number of nitrogens with zero attached hydrogens (tertiary/aromatic N) is 1. The lowest BCUT2D eigenvalue weighted by Crippen LogP contribution is -1.85. The van der Waals surface area contributed by atoms with Gasteiger partial charge < -0.3 is 10.3 Å². The van der Waals surface area contributed by atoms with Gasteiger partial charge in [-0.15, -0.1) is 0 Å². The van der Waals surface area contributed by atoms with Crippen LogP contribution in [0.1, 0.15) is 12.5 Å². The second kappa shape index (κ2) is 3.54. The zero-order valence-electron chi connectivity index (χ0n) is 8.03.